The van der Waals surface area contributed by atoms with Crippen molar-refractivity contribution in [1.29, 1.82) is 0 Å². The van der Waals surface area contributed by atoms with E-state index in [1.807, 2.05) is 0 Å². The number of nitrogens with zero attached hydrogens (tertiary/aromatic N) is 1. The van der Waals surface area contributed by atoms with E-state index in [1.54, 1.807) is 6.92 Å². The highest BCUT2D eigenvalue weighted by molar-refractivity contribution is 7.15. The predicted molar refractivity (Wildman–Crippen MR) is 84.9 cm³/mol. The highest BCUT2D eigenvalue weighted by atomic mass is 32.1. The number of anilines is 1. The number of hydrogen-bond acceptors (Lipinski definition) is 5. The normalized spacial score (nSPS) is 10.3. The van der Waals surface area contributed by atoms with Gasteiger partial charge in [-0.15, -0.1) is 11.3 Å². The molecule has 0 atom stereocenters. The molecular weight excluding hydrogens is 340 g/mol. The van der Waals surface area contributed by atoms with E-state index in [2.05, 4.69) is 20.4 Å². The van der Waals surface area contributed by atoms with Crippen LogP contribution in [0.4, 0.5) is 18.7 Å². The lowest BCUT2D eigenvalue weighted by Crippen LogP contribution is -2.33. The molecule has 128 valence electrons. The van der Waals surface area contributed by atoms with Crippen LogP contribution < -0.4 is 10.6 Å². The number of hydrogen-bond donors (Lipinski definition) is 2. The van der Waals surface area contributed by atoms with Gasteiger partial charge in [0.25, 0.3) is 0 Å². The highest BCUT2D eigenvalue weighted by Crippen LogP contribution is 2.22. The standard InChI is InChI=1S/C15H15F2N3O3S/c1-2-23-15(22)19-8-13(21)20-14-18-7-11(24-14)5-9-3-4-10(16)6-12(9)17/h3-4,6-7H,2,5,8H2,1H3,(H,19,22)(H,18,20,21). The zero-order valence-electron chi connectivity index (χ0n) is 12.8. The fourth-order valence-corrected chi connectivity index (χ4v) is 2.65. The summed E-state index contributed by atoms with van der Waals surface area (Å²) in [5.74, 6) is -1.73. The Morgan fingerprint density at radius 1 is 1.33 bits per heavy atom. The van der Waals surface area contributed by atoms with Crippen LogP contribution in [0.3, 0.4) is 0 Å². The van der Waals surface area contributed by atoms with Crippen molar-refractivity contribution in [3.63, 3.8) is 0 Å². The van der Waals surface area contributed by atoms with E-state index in [-0.39, 0.29) is 19.6 Å². The van der Waals surface area contributed by atoms with Gasteiger partial charge in [-0.25, -0.2) is 18.6 Å². The molecule has 0 saturated carbocycles. The van der Waals surface area contributed by atoms with Crippen molar-refractivity contribution in [2.75, 3.05) is 18.5 Å². The molecule has 1 aromatic carbocycles. The number of thiazole rings is 1. The molecule has 0 saturated heterocycles. The molecule has 0 aliphatic carbocycles. The summed E-state index contributed by atoms with van der Waals surface area (Å²) in [4.78, 5) is 27.5. The van der Waals surface area contributed by atoms with Gasteiger partial charge in [0, 0.05) is 23.6 Å². The number of ether oxygens (including phenoxy) is 1. The summed E-state index contributed by atoms with van der Waals surface area (Å²) in [5.41, 5.74) is 0.335. The first-order valence-electron chi connectivity index (χ1n) is 7.07. The number of rotatable bonds is 6. The molecule has 0 spiro atoms. The second-order valence-corrected chi connectivity index (χ2v) is 5.78. The van der Waals surface area contributed by atoms with Crippen LogP contribution in [0.2, 0.25) is 0 Å². The van der Waals surface area contributed by atoms with E-state index in [9.17, 15) is 18.4 Å². The molecule has 1 heterocycles. The van der Waals surface area contributed by atoms with Gasteiger partial charge in [0.2, 0.25) is 5.91 Å². The van der Waals surface area contributed by atoms with Gasteiger partial charge in [0.15, 0.2) is 5.13 Å². The summed E-state index contributed by atoms with van der Waals surface area (Å²) in [7, 11) is 0. The third-order valence-electron chi connectivity index (χ3n) is 2.85. The minimum atomic E-state index is -0.681. The second-order valence-electron chi connectivity index (χ2n) is 4.67. The van der Waals surface area contributed by atoms with Gasteiger partial charge < -0.3 is 15.4 Å². The maximum atomic E-state index is 13.6. The first-order valence-corrected chi connectivity index (χ1v) is 7.88. The zero-order valence-corrected chi connectivity index (χ0v) is 13.6. The summed E-state index contributed by atoms with van der Waals surface area (Å²) >= 11 is 1.17. The molecular formula is C15H15F2N3O3S. The lowest BCUT2D eigenvalue weighted by atomic mass is 10.1. The van der Waals surface area contributed by atoms with Crippen LogP contribution in [0.1, 0.15) is 17.4 Å². The van der Waals surface area contributed by atoms with Crippen molar-refractivity contribution in [3.8, 4) is 0 Å². The average molecular weight is 355 g/mol. The minimum Gasteiger partial charge on any atom is -0.450 e. The number of halogens is 2. The fraction of sp³-hybridized carbons (Fsp3) is 0.267. The molecule has 0 radical (unpaired) electrons. The number of aromatic nitrogens is 1. The lowest BCUT2D eigenvalue weighted by molar-refractivity contribution is -0.115. The molecule has 2 N–H and O–H groups in total. The van der Waals surface area contributed by atoms with Crippen molar-refractivity contribution in [2.45, 2.75) is 13.3 Å². The van der Waals surface area contributed by atoms with Gasteiger partial charge in [0.05, 0.1) is 6.61 Å². The highest BCUT2D eigenvalue weighted by Gasteiger charge is 2.11. The lowest BCUT2D eigenvalue weighted by Gasteiger charge is -2.04. The molecule has 2 amide bonds. The maximum absolute atomic E-state index is 13.6. The first-order chi connectivity index (χ1) is 11.5. The molecule has 2 rings (SSSR count). The van der Waals surface area contributed by atoms with Crippen molar-refractivity contribution in [2.24, 2.45) is 0 Å². The van der Waals surface area contributed by atoms with Crippen molar-refractivity contribution in [1.82, 2.24) is 10.3 Å². The topological polar surface area (TPSA) is 80.3 Å². The van der Waals surface area contributed by atoms with Crippen molar-refractivity contribution < 1.29 is 23.1 Å². The summed E-state index contributed by atoms with van der Waals surface area (Å²) in [6.45, 7) is 1.62. The molecule has 0 bridgehead atoms. The number of nitrogens with one attached hydrogen (secondary N) is 2. The van der Waals surface area contributed by atoms with Gasteiger partial charge in [0.1, 0.15) is 18.2 Å². The first kappa shape index (κ1) is 17.8. The van der Waals surface area contributed by atoms with E-state index < -0.39 is 23.6 Å². The summed E-state index contributed by atoms with van der Waals surface area (Å²) in [6, 6.07) is 3.37. The summed E-state index contributed by atoms with van der Waals surface area (Å²) in [5, 5.41) is 5.12. The Labute approximate surface area is 140 Å². The number of benzene rings is 1. The van der Waals surface area contributed by atoms with Crippen LogP contribution in [0, 0.1) is 11.6 Å². The molecule has 24 heavy (non-hydrogen) atoms. The maximum Gasteiger partial charge on any atom is 0.407 e. The zero-order chi connectivity index (χ0) is 17.5. The van der Waals surface area contributed by atoms with Crippen LogP contribution in [0.5, 0.6) is 0 Å². The average Bonchev–Trinajstić information content (AvgIpc) is 2.95. The van der Waals surface area contributed by atoms with Gasteiger partial charge in [-0.05, 0) is 18.6 Å². The Morgan fingerprint density at radius 3 is 2.83 bits per heavy atom. The Balaban J connectivity index is 1.88. The van der Waals surface area contributed by atoms with Gasteiger partial charge >= 0.3 is 6.09 Å². The van der Waals surface area contributed by atoms with Gasteiger partial charge in [-0.2, -0.15) is 0 Å². The monoisotopic (exact) mass is 355 g/mol. The molecule has 6 nitrogen and oxygen atoms in total. The van der Waals surface area contributed by atoms with E-state index in [4.69, 9.17) is 0 Å². The SMILES string of the molecule is CCOC(=O)NCC(=O)Nc1ncc(Cc2ccc(F)cc2F)s1. The van der Waals surface area contributed by atoms with Crippen LogP contribution in [-0.4, -0.2) is 30.1 Å². The Kier molecular flexibility index (Phi) is 6.19. The fourth-order valence-electron chi connectivity index (χ4n) is 1.80. The quantitative estimate of drug-likeness (QED) is 0.835. The van der Waals surface area contributed by atoms with E-state index in [1.165, 1.54) is 29.7 Å². The minimum absolute atomic E-state index is 0.212. The molecule has 0 unspecified atom stereocenters. The summed E-state index contributed by atoms with van der Waals surface area (Å²) < 4.78 is 31.1. The molecule has 0 aliphatic rings. The number of alkyl carbamates (subject to hydrolysis) is 1. The van der Waals surface area contributed by atoms with Gasteiger partial charge in [-0.1, -0.05) is 6.07 Å². The van der Waals surface area contributed by atoms with Crippen LogP contribution in [0.25, 0.3) is 0 Å². The van der Waals surface area contributed by atoms with Crippen LogP contribution in [-0.2, 0) is 16.0 Å². The van der Waals surface area contributed by atoms with Crippen LogP contribution in [0.15, 0.2) is 24.4 Å². The Bertz CT molecular complexity index is 737. The smallest absolute Gasteiger partial charge is 0.407 e. The van der Waals surface area contributed by atoms with Crippen molar-refractivity contribution in [3.05, 3.63) is 46.5 Å². The summed E-state index contributed by atoms with van der Waals surface area (Å²) in [6.07, 6.45) is 1.06. The third-order valence-corrected chi connectivity index (χ3v) is 3.76. The predicted octanol–water partition coefficient (Wildman–Crippen LogP) is 2.70. The Morgan fingerprint density at radius 2 is 2.12 bits per heavy atom. The number of amides is 2. The molecule has 0 fully saturated rings. The van der Waals surface area contributed by atoms with Crippen molar-refractivity contribution >= 4 is 28.5 Å². The van der Waals surface area contributed by atoms with E-state index in [0.717, 1.165) is 6.07 Å². The van der Waals surface area contributed by atoms with E-state index in [0.29, 0.717) is 15.6 Å². The molecule has 1 aromatic heterocycles. The molecule has 0 aliphatic heterocycles. The van der Waals surface area contributed by atoms with Crippen LogP contribution >= 0.6 is 11.3 Å². The largest absolute Gasteiger partial charge is 0.450 e. The van der Waals surface area contributed by atoms with Gasteiger partial charge in [-0.3, -0.25) is 4.79 Å². The Hall–Kier alpha value is -2.55. The van der Waals surface area contributed by atoms with E-state index >= 15 is 0 Å². The molecule has 9 heteroatoms. The molecule has 2 aromatic rings. The number of carbonyl (C=O) groups excluding carboxylic acids is 2. The third kappa shape index (κ3) is 5.27. The number of carbonyl (C=O) groups is 2. The second kappa shape index (κ2) is 8.34.